The predicted octanol–water partition coefficient (Wildman–Crippen LogP) is 3.11. The van der Waals surface area contributed by atoms with Crippen molar-refractivity contribution in [2.24, 2.45) is 0 Å². The van der Waals surface area contributed by atoms with Gasteiger partial charge in [-0.3, -0.25) is 0 Å². The molecule has 0 aromatic heterocycles. The van der Waals surface area contributed by atoms with Crippen LogP contribution < -0.4 is 9.62 Å². The Bertz CT molecular complexity index is 753. The van der Waals surface area contributed by atoms with Gasteiger partial charge in [0.2, 0.25) is 10.0 Å². The molecule has 0 radical (unpaired) electrons. The minimum Gasteiger partial charge on any atom is -0.378 e. The van der Waals surface area contributed by atoms with Crippen LogP contribution in [0.2, 0.25) is 0 Å². The molecule has 0 unspecified atom stereocenters. The van der Waals surface area contributed by atoms with Gasteiger partial charge in [-0.25, -0.2) is 13.1 Å². The van der Waals surface area contributed by atoms with E-state index in [1.54, 1.807) is 0 Å². The lowest BCUT2D eigenvalue weighted by Crippen LogP contribution is -2.26. The maximum Gasteiger partial charge on any atom is 0.215 e. The third-order valence-corrected chi connectivity index (χ3v) is 5.21. The van der Waals surface area contributed by atoms with E-state index >= 15 is 0 Å². The highest BCUT2D eigenvalue weighted by molar-refractivity contribution is 7.88. The van der Waals surface area contributed by atoms with Gasteiger partial charge in [0, 0.05) is 26.3 Å². The summed E-state index contributed by atoms with van der Waals surface area (Å²) in [4.78, 5) is 2.06. The van der Waals surface area contributed by atoms with Gasteiger partial charge in [-0.15, -0.1) is 0 Å². The molecule has 2 rings (SSSR count). The average Bonchev–Trinajstić information content (AvgIpc) is 2.51. The van der Waals surface area contributed by atoms with E-state index in [-0.39, 0.29) is 5.75 Å². The third-order valence-electron chi connectivity index (χ3n) is 3.86. The normalized spacial score (nSPS) is 11.5. The summed E-state index contributed by atoms with van der Waals surface area (Å²) < 4.78 is 26.9. The van der Waals surface area contributed by atoms with Gasteiger partial charge >= 0.3 is 0 Å². The van der Waals surface area contributed by atoms with Crippen molar-refractivity contribution in [1.82, 2.24) is 4.72 Å². The minimum absolute atomic E-state index is 0.0339. The molecule has 0 amide bonds. The van der Waals surface area contributed by atoms with E-state index < -0.39 is 10.0 Å². The van der Waals surface area contributed by atoms with Gasteiger partial charge in [-0.2, -0.15) is 0 Å². The summed E-state index contributed by atoms with van der Waals surface area (Å²) >= 11 is 0. The molecule has 4 nitrogen and oxygen atoms in total. The highest BCUT2D eigenvalue weighted by Gasteiger charge is 2.10. The molecule has 0 atom stereocenters. The number of hydrogen-bond acceptors (Lipinski definition) is 3. The first-order valence-corrected chi connectivity index (χ1v) is 9.80. The van der Waals surface area contributed by atoms with Crippen molar-refractivity contribution in [1.29, 1.82) is 0 Å². The van der Waals surface area contributed by atoms with Crippen LogP contribution in [0.1, 0.15) is 23.1 Å². The molecule has 0 saturated carbocycles. The van der Waals surface area contributed by atoms with E-state index in [9.17, 15) is 8.42 Å². The van der Waals surface area contributed by atoms with E-state index in [4.69, 9.17) is 0 Å². The number of aryl methyl sites for hydroxylation is 2. The Balaban J connectivity index is 1.78. The molecule has 130 valence electrons. The first kappa shape index (κ1) is 18.5. The Morgan fingerprint density at radius 1 is 1.00 bits per heavy atom. The second kappa shape index (κ2) is 8.31. The molecule has 0 fully saturated rings. The standard InChI is InChI=1S/C19H26N2O2S/c1-16-6-4-7-18(14-16)15-24(22,23)20-13-5-8-17-9-11-19(12-10-17)21(2)3/h4,6-7,9-12,14,20H,5,8,13,15H2,1-3H3. The van der Waals surface area contributed by atoms with Gasteiger partial charge in [0.05, 0.1) is 5.75 Å². The molecule has 5 heteroatoms. The molecule has 2 aromatic rings. The molecule has 0 heterocycles. The third kappa shape index (κ3) is 5.98. The van der Waals surface area contributed by atoms with Crippen molar-refractivity contribution < 1.29 is 8.42 Å². The molecule has 0 aliphatic rings. The first-order chi connectivity index (χ1) is 11.4. The Morgan fingerprint density at radius 2 is 1.71 bits per heavy atom. The smallest absolute Gasteiger partial charge is 0.215 e. The van der Waals surface area contributed by atoms with Crippen molar-refractivity contribution >= 4 is 15.7 Å². The molecule has 0 bridgehead atoms. The van der Waals surface area contributed by atoms with Crippen molar-refractivity contribution in [2.75, 3.05) is 25.5 Å². The quantitative estimate of drug-likeness (QED) is 0.747. The Hall–Kier alpha value is -1.85. The zero-order valence-corrected chi connectivity index (χ0v) is 15.4. The van der Waals surface area contributed by atoms with Gasteiger partial charge < -0.3 is 4.90 Å². The van der Waals surface area contributed by atoms with E-state index in [0.717, 1.165) is 29.7 Å². The summed E-state index contributed by atoms with van der Waals surface area (Å²) in [6.07, 6.45) is 1.65. The summed E-state index contributed by atoms with van der Waals surface area (Å²) in [5, 5.41) is 0. The minimum atomic E-state index is -3.28. The van der Waals surface area contributed by atoms with Crippen LogP contribution >= 0.6 is 0 Å². The number of rotatable bonds is 8. The number of hydrogen-bond donors (Lipinski definition) is 1. The molecule has 24 heavy (non-hydrogen) atoms. The molecule has 1 N–H and O–H groups in total. The summed E-state index contributed by atoms with van der Waals surface area (Å²) in [6.45, 7) is 2.43. The lowest BCUT2D eigenvalue weighted by Gasteiger charge is -2.12. The lowest BCUT2D eigenvalue weighted by molar-refractivity contribution is 0.578. The van der Waals surface area contributed by atoms with Crippen molar-refractivity contribution in [3.8, 4) is 0 Å². The monoisotopic (exact) mass is 346 g/mol. The Labute approximate surface area is 145 Å². The molecule has 0 aliphatic carbocycles. The van der Waals surface area contributed by atoms with Crippen LogP contribution in [0.15, 0.2) is 48.5 Å². The number of nitrogens with zero attached hydrogens (tertiary/aromatic N) is 1. The zero-order chi connectivity index (χ0) is 17.6. The first-order valence-electron chi connectivity index (χ1n) is 8.15. The predicted molar refractivity (Wildman–Crippen MR) is 101 cm³/mol. The highest BCUT2D eigenvalue weighted by atomic mass is 32.2. The van der Waals surface area contributed by atoms with Gasteiger partial charge in [-0.05, 0) is 43.0 Å². The molecule has 2 aromatic carbocycles. The number of anilines is 1. The summed E-state index contributed by atoms with van der Waals surface area (Å²) in [7, 11) is 0.743. The summed E-state index contributed by atoms with van der Waals surface area (Å²) in [6, 6.07) is 16.0. The molecule has 0 aliphatic heterocycles. The van der Waals surface area contributed by atoms with Crippen LogP contribution in [0, 0.1) is 6.92 Å². The van der Waals surface area contributed by atoms with Crippen LogP contribution in [-0.2, 0) is 22.2 Å². The maximum absolute atomic E-state index is 12.1. The van der Waals surface area contributed by atoms with E-state index in [0.29, 0.717) is 6.54 Å². The number of benzene rings is 2. The molecule has 0 spiro atoms. The van der Waals surface area contributed by atoms with E-state index in [2.05, 4.69) is 33.9 Å². The van der Waals surface area contributed by atoms with Crippen LogP contribution in [0.25, 0.3) is 0 Å². The summed E-state index contributed by atoms with van der Waals surface area (Å²) in [5.74, 6) is 0.0339. The van der Waals surface area contributed by atoms with Crippen molar-refractivity contribution in [3.05, 3.63) is 65.2 Å². The second-order valence-electron chi connectivity index (χ2n) is 6.31. The number of nitrogens with one attached hydrogen (secondary N) is 1. The fourth-order valence-electron chi connectivity index (χ4n) is 2.55. The van der Waals surface area contributed by atoms with Gasteiger partial charge in [0.15, 0.2) is 0 Å². The lowest BCUT2D eigenvalue weighted by atomic mass is 10.1. The van der Waals surface area contributed by atoms with Gasteiger partial charge in [0.25, 0.3) is 0 Å². The van der Waals surface area contributed by atoms with Crippen LogP contribution in [0.4, 0.5) is 5.69 Å². The van der Waals surface area contributed by atoms with Gasteiger partial charge in [-0.1, -0.05) is 42.0 Å². The van der Waals surface area contributed by atoms with Crippen molar-refractivity contribution in [2.45, 2.75) is 25.5 Å². The average molecular weight is 346 g/mol. The maximum atomic E-state index is 12.1. The SMILES string of the molecule is Cc1cccc(CS(=O)(=O)NCCCc2ccc(N(C)C)cc2)c1. The van der Waals surface area contributed by atoms with Gasteiger partial charge in [0.1, 0.15) is 0 Å². The fraction of sp³-hybridized carbons (Fsp3) is 0.368. The molecular weight excluding hydrogens is 320 g/mol. The largest absolute Gasteiger partial charge is 0.378 e. The topological polar surface area (TPSA) is 49.4 Å². The van der Waals surface area contributed by atoms with E-state index in [1.807, 2.05) is 45.3 Å². The van der Waals surface area contributed by atoms with Crippen LogP contribution in [-0.4, -0.2) is 29.1 Å². The summed E-state index contributed by atoms with van der Waals surface area (Å²) in [5.41, 5.74) is 4.28. The zero-order valence-electron chi connectivity index (χ0n) is 14.6. The fourth-order valence-corrected chi connectivity index (χ4v) is 3.73. The molecule has 0 saturated heterocycles. The van der Waals surface area contributed by atoms with Crippen LogP contribution in [0.3, 0.4) is 0 Å². The molecular formula is C19H26N2O2S. The Kier molecular flexibility index (Phi) is 6.40. The van der Waals surface area contributed by atoms with E-state index in [1.165, 1.54) is 5.56 Å². The highest BCUT2D eigenvalue weighted by Crippen LogP contribution is 2.13. The van der Waals surface area contributed by atoms with Crippen molar-refractivity contribution in [3.63, 3.8) is 0 Å². The van der Waals surface area contributed by atoms with Crippen LogP contribution in [0.5, 0.6) is 0 Å². The second-order valence-corrected chi connectivity index (χ2v) is 8.11. The number of sulfonamides is 1. The Morgan fingerprint density at radius 3 is 2.33 bits per heavy atom.